The molecule has 0 fully saturated rings. The number of unbranched alkanes of at least 4 members (excludes halogenated alkanes) is 6. The molecule has 0 spiro atoms. The SMILES string of the molecule is O=Cc1ccccc1OCCCCCCCCCOc1ccccc1C=O. The van der Waals surface area contributed by atoms with Crippen LogP contribution in [0, 0.1) is 0 Å². The highest BCUT2D eigenvalue weighted by atomic mass is 16.5. The largest absolute Gasteiger partial charge is 0.493 e. The number of hydrogen-bond donors (Lipinski definition) is 0. The van der Waals surface area contributed by atoms with E-state index in [-0.39, 0.29) is 0 Å². The summed E-state index contributed by atoms with van der Waals surface area (Å²) < 4.78 is 11.4. The molecule has 0 aromatic heterocycles. The summed E-state index contributed by atoms with van der Waals surface area (Å²) in [5, 5.41) is 0. The van der Waals surface area contributed by atoms with Crippen molar-refractivity contribution in [2.24, 2.45) is 0 Å². The Morgan fingerprint density at radius 2 is 0.926 bits per heavy atom. The third-order valence-electron chi connectivity index (χ3n) is 4.40. The summed E-state index contributed by atoms with van der Waals surface area (Å²) in [5.41, 5.74) is 1.21. The number of rotatable bonds is 14. The molecule has 2 aromatic rings. The Labute approximate surface area is 161 Å². The molecule has 0 radical (unpaired) electrons. The van der Waals surface area contributed by atoms with Gasteiger partial charge in [-0.15, -0.1) is 0 Å². The van der Waals surface area contributed by atoms with Gasteiger partial charge in [-0.1, -0.05) is 56.4 Å². The van der Waals surface area contributed by atoms with E-state index in [1.165, 1.54) is 19.3 Å². The zero-order chi connectivity index (χ0) is 19.2. The number of ether oxygens (including phenoxy) is 2. The van der Waals surface area contributed by atoms with Gasteiger partial charge in [0.15, 0.2) is 12.6 Å². The van der Waals surface area contributed by atoms with E-state index in [0.29, 0.717) is 35.8 Å². The first kappa shape index (κ1) is 20.7. The number of para-hydroxylation sites is 2. The van der Waals surface area contributed by atoms with Crippen molar-refractivity contribution >= 4 is 12.6 Å². The van der Waals surface area contributed by atoms with Gasteiger partial charge >= 0.3 is 0 Å². The molecule has 144 valence electrons. The molecular weight excluding hydrogens is 340 g/mol. The Balaban J connectivity index is 1.45. The van der Waals surface area contributed by atoms with Gasteiger partial charge in [0.05, 0.1) is 24.3 Å². The number of carbonyl (C=O) groups is 2. The molecule has 0 aliphatic rings. The van der Waals surface area contributed by atoms with Crippen molar-refractivity contribution < 1.29 is 19.1 Å². The van der Waals surface area contributed by atoms with Gasteiger partial charge in [0.1, 0.15) is 11.5 Å². The van der Waals surface area contributed by atoms with Gasteiger partial charge in [-0.25, -0.2) is 0 Å². The minimum Gasteiger partial charge on any atom is -0.493 e. The topological polar surface area (TPSA) is 52.6 Å². The summed E-state index contributed by atoms with van der Waals surface area (Å²) in [6.45, 7) is 1.30. The summed E-state index contributed by atoms with van der Waals surface area (Å²) in [4.78, 5) is 21.8. The molecule has 4 nitrogen and oxygen atoms in total. The Hall–Kier alpha value is -2.62. The van der Waals surface area contributed by atoms with Crippen LogP contribution in [0.4, 0.5) is 0 Å². The maximum atomic E-state index is 10.9. The Bertz CT molecular complexity index is 637. The lowest BCUT2D eigenvalue weighted by Crippen LogP contribution is -2.00. The first-order valence-electron chi connectivity index (χ1n) is 9.69. The van der Waals surface area contributed by atoms with E-state index in [9.17, 15) is 9.59 Å². The minimum absolute atomic E-state index is 0.607. The summed E-state index contributed by atoms with van der Waals surface area (Å²) in [6.07, 6.45) is 9.50. The van der Waals surface area contributed by atoms with Gasteiger partial charge in [-0.05, 0) is 37.1 Å². The van der Waals surface area contributed by atoms with E-state index >= 15 is 0 Å². The standard InChI is InChI=1S/C23H28O4/c24-18-20-12-6-8-14-22(20)26-16-10-4-2-1-3-5-11-17-27-23-15-9-7-13-21(23)19-25/h6-9,12-15,18-19H,1-5,10-11,16-17H2. The molecule has 0 aliphatic carbocycles. The van der Waals surface area contributed by atoms with E-state index in [1.54, 1.807) is 12.1 Å². The highest BCUT2D eigenvalue weighted by molar-refractivity contribution is 5.79. The Kier molecular flexibility index (Phi) is 9.72. The van der Waals surface area contributed by atoms with Crippen molar-refractivity contribution in [3.8, 4) is 11.5 Å². The van der Waals surface area contributed by atoms with Crippen molar-refractivity contribution in [3.63, 3.8) is 0 Å². The number of carbonyl (C=O) groups excluding carboxylic acids is 2. The minimum atomic E-state index is 0.607. The Morgan fingerprint density at radius 1 is 0.556 bits per heavy atom. The molecule has 2 rings (SSSR count). The average Bonchev–Trinajstić information content (AvgIpc) is 2.72. The van der Waals surface area contributed by atoms with Crippen LogP contribution < -0.4 is 9.47 Å². The second kappa shape index (κ2) is 12.7. The number of benzene rings is 2. The quantitative estimate of drug-likeness (QED) is 0.326. The highest BCUT2D eigenvalue weighted by Gasteiger charge is 2.02. The molecule has 0 atom stereocenters. The normalized spacial score (nSPS) is 10.4. The molecule has 2 aromatic carbocycles. The fourth-order valence-electron chi connectivity index (χ4n) is 2.87. The van der Waals surface area contributed by atoms with Gasteiger partial charge in [-0.3, -0.25) is 9.59 Å². The summed E-state index contributed by atoms with van der Waals surface area (Å²) in [7, 11) is 0. The van der Waals surface area contributed by atoms with E-state index in [2.05, 4.69) is 0 Å². The van der Waals surface area contributed by atoms with Crippen molar-refractivity contribution in [1.29, 1.82) is 0 Å². The highest BCUT2D eigenvalue weighted by Crippen LogP contribution is 2.17. The van der Waals surface area contributed by atoms with E-state index < -0.39 is 0 Å². The van der Waals surface area contributed by atoms with E-state index in [0.717, 1.165) is 38.3 Å². The van der Waals surface area contributed by atoms with Crippen molar-refractivity contribution in [1.82, 2.24) is 0 Å². The average molecular weight is 368 g/mol. The smallest absolute Gasteiger partial charge is 0.153 e. The monoisotopic (exact) mass is 368 g/mol. The molecule has 0 amide bonds. The lowest BCUT2D eigenvalue weighted by Gasteiger charge is -2.08. The third kappa shape index (κ3) is 7.65. The summed E-state index contributed by atoms with van der Waals surface area (Å²) in [6, 6.07) is 14.6. The molecule has 0 heterocycles. The molecule has 4 heteroatoms. The van der Waals surface area contributed by atoms with Gasteiger partial charge in [0, 0.05) is 0 Å². The van der Waals surface area contributed by atoms with Crippen LogP contribution in [-0.4, -0.2) is 25.8 Å². The summed E-state index contributed by atoms with van der Waals surface area (Å²) >= 11 is 0. The molecule has 0 aliphatic heterocycles. The van der Waals surface area contributed by atoms with Crippen LogP contribution in [0.2, 0.25) is 0 Å². The van der Waals surface area contributed by atoms with Gasteiger partial charge < -0.3 is 9.47 Å². The zero-order valence-electron chi connectivity index (χ0n) is 15.8. The second-order valence-electron chi connectivity index (χ2n) is 6.48. The van der Waals surface area contributed by atoms with Crippen LogP contribution in [0.15, 0.2) is 48.5 Å². The molecule has 0 unspecified atom stereocenters. The predicted molar refractivity (Wildman–Crippen MR) is 107 cm³/mol. The first-order valence-corrected chi connectivity index (χ1v) is 9.69. The maximum absolute atomic E-state index is 10.9. The molecule has 27 heavy (non-hydrogen) atoms. The van der Waals surface area contributed by atoms with Gasteiger partial charge in [0.2, 0.25) is 0 Å². The maximum Gasteiger partial charge on any atom is 0.153 e. The van der Waals surface area contributed by atoms with Gasteiger partial charge in [-0.2, -0.15) is 0 Å². The van der Waals surface area contributed by atoms with Gasteiger partial charge in [0.25, 0.3) is 0 Å². The van der Waals surface area contributed by atoms with Crippen LogP contribution in [-0.2, 0) is 0 Å². The lowest BCUT2D eigenvalue weighted by molar-refractivity contribution is 0.111. The molecule has 0 bridgehead atoms. The van der Waals surface area contributed by atoms with Crippen LogP contribution in [0.5, 0.6) is 11.5 Å². The zero-order valence-corrected chi connectivity index (χ0v) is 15.8. The van der Waals surface area contributed by atoms with Crippen molar-refractivity contribution in [2.45, 2.75) is 44.9 Å². The predicted octanol–water partition coefficient (Wildman–Crippen LogP) is 5.50. The summed E-state index contributed by atoms with van der Waals surface area (Å²) in [5.74, 6) is 1.34. The van der Waals surface area contributed by atoms with Crippen LogP contribution >= 0.6 is 0 Å². The molecule has 0 saturated heterocycles. The second-order valence-corrected chi connectivity index (χ2v) is 6.48. The molecule has 0 saturated carbocycles. The molecular formula is C23H28O4. The van der Waals surface area contributed by atoms with Crippen LogP contribution in [0.3, 0.4) is 0 Å². The first-order chi connectivity index (χ1) is 13.3. The van der Waals surface area contributed by atoms with Crippen molar-refractivity contribution in [3.05, 3.63) is 59.7 Å². The number of aldehydes is 2. The fourth-order valence-corrected chi connectivity index (χ4v) is 2.87. The van der Waals surface area contributed by atoms with Crippen molar-refractivity contribution in [2.75, 3.05) is 13.2 Å². The van der Waals surface area contributed by atoms with Crippen LogP contribution in [0.1, 0.15) is 65.7 Å². The fraction of sp³-hybridized carbons (Fsp3) is 0.391. The molecule has 0 N–H and O–H groups in total. The lowest BCUT2D eigenvalue weighted by atomic mass is 10.1. The number of hydrogen-bond acceptors (Lipinski definition) is 4. The Morgan fingerprint density at radius 3 is 1.33 bits per heavy atom. The van der Waals surface area contributed by atoms with E-state index in [4.69, 9.17) is 9.47 Å². The third-order valence-corrected chi connectivity index (χ3v) is 4.40. The van der Waals surface area contributed by atoms with Crippen LogP contribution in [0.25, 0.3) is 0 Å². The van der Waals surface area contributed by atoms with E-state index in [1.807, 2.05) is 36.4 Å².